The van der Waals surface area contributed by atoms with E-state index in [9.17, 15) is 4.79 Å². The highest BCUT2D eigenvalue weighted by Crippen LogP contribution is 2.36. The molecule has 1 saturated carbocycles. The third kappa shape index (κ3) is 4.25. The molecule has 1 aliphatic rings. The Morgan fingerprint density at radius 2 is 2.17 bits per heavy atom. The highest BCUT2D eigenvalue weighted by Gasteiger charge is 2.37. The van der Waals surface area contributed by atoms with Gasteiger partial charge in [0.15, 0.2) is 0 Å². The van der Waals surface area contributed by atoms with Gasteiger partial charge >= 0.3 is 0 Å². The molecule has 1 aliphatic carbocycles. The van der Waals surface area contributed by atoms with Gasteiger partial charge in [0.2, 0.25) is 5.91 Å². The third-order valence-corrected chi connectivity index (χ3v) is 4.08. The van der Waals surface area contributed by atoms with E-state index in [1.54, 1.807) is 0 Å². The number of hydrogen-bond acceptors (Lipinski definition) is 3. The molecule has 106 valence electrons. The maximum Gasteiger partial charge on any atom is 0.246 e. The highest BCUT2D eigenvalue weighted by molar-refractivity contribution is 5.77. The lowest BCUT2D eigenvalue weighted by molar-refractivity contribution is -0.133. The minimum absolute atomic E-state index is 0.0384. The maximum absolute atomic E-state index is 11.8. The van der Waals surface area contributed by atoms with Gasteiger partial charge in [0.05, 0.1) is 5.60 Å². The Kier molecular flexibility index (Phi) is 5.60. The van der Waals surface area contributed by atoms with Crippen LogP contribution in [0.15, 0.2) is 0 Å². The predicted octanol–water partition coefficient (Wildman–Crippen LogP) is 1.68. The van der Waals surface area contributed by atoms with Crippen LogP contribution in [0.25, 0.3) is 0 Å². The molecule has 0 aliphatic heterocycles. The van der Waals surface area contributed by atoms with E-state index in [1.165, 1.54) is 0 Å². The molecule has 0 saturated heterocycles. The fraction of sp³-hybridized carbons (Fsp3) is 0.929. The minimum Gasteiger partial charge on any atom is -0.364 e. The predicted molar refractivity (Wildman–Crippen MR) is 73.2 cm³/mol. The Bertz CT molecular complexity index is 281. The normalized spacial score (nSPS) is 29.6. The molecule has 3 N–H and O–H groups in total. The zero-order valence-electron chi connectivity index (χ0n) is 12.2. The molecule has 3 atom stereocenters. The van der Waals surface area contributed by atoms with Gasteiger partial charge in [-0.25, -0.2) is 0 Å². The van der Waals surface area contributed by atoms with Crippen molar-refractivity contribution in [1.29, 1.82) is 0 Å². The smallest absolute Gasteiger partial charge is 0.246 e. The molecular weight excluding hydrogens is 228 g/mol. The van der Waals surface area contributed by atoms with Crippen LogP contribution in [0.4, 0.5) is 0 Å². The largest absolute Gasteiger partial charge is 0.364 e. The van der Waals surface area contributed by atoms with Crippen molar-refractivity contribution in [1.82, 2.24) is 5.32 Å². The van der Waals surface area contributed by atoms with Crippen LogP contribution in [0.2, 0.25) is 0 Å². The fourth-order valence-electron chi connectivity index (χ4n) is 2.40. The van der Waals surface area contributed by atoms with Gasteiger partial charge in [0.1, 0.15) is 6.61 Å². The second-order valence-electron chi connectivity index (χ2n) is 6.12. The van der Waals surface area contributed by atoms with Crippen molar-refractivity contribution < 1.29 is 9.53 Å². The summed E-state index contributed by atoms with van der Waals surface area (Å²) in [5.74, 6) is 1.04. The van der Waals surface area contributed by atoms with Crippen LogP contribution in [0.1, 0.15) is 47.0 Å². The first-order valence-corrected chi connectivity index (χ1v) is 7.02. The Morgan fingerprint density at radius 1 is 1.50 bits per heavy atom. The second-order valence-corrected chi connectivity index (χ2v) is 6.12. The molecular formula is C14H28N2O2. The van der Waals surface area contributed by atoms with Crippen LogP contribution in [0, 0.1) is 11.8 Å². The lowest BCUT2D eigenvalue weighted by atomic mass is 10.0. The summed E-state index contributed by atoms with van der Waals surface area (Å²) in [5.41, 5.74) is 5.54. The Labute approximate surface area is 111 Å². The fourth-order valence-corrected chi connectivity index (χ4v) is 2.40. The molecule has 4 nitrogen and oxygen atoms in total. The summed E-state index contributed by atoms with van der Waals surface area (Å²) in [6.07, 6.45) is 3.08. The average Bonchev–Trinajstić information content (AvgIpc) is 2.69. The minimum atomic E-state index is -0.266. The number of amides is 1. The van der Waals surface area contributed by atoms with Gasteiger partial charge < -0.3 is 15.8 Å². The summed E-state index contributed by atoms with van der Waals surface area (Å²) >= 11 is 0. The molecule has 18 heavy (non-hydrogen) atoms. The quantitative estimate of drug-likeness (QED) is 0.760. The molecule has 4 heteroatoms. The van der Waals surface area contributed by atoms with Crippen LogP contribution in [-0.4, -0.2) is 30.7 Å². The number of carbonyl (C=O) groups excluding carboxylic acids is 1. The average molecular weight is 256 g/mol. The lowest BCUT2D eigenvalue weighted by Gasteiger charge is -2.28. The third-order valence-electron chi connectivity index (χ3n) is 4.08. The van der Waals surface area contributed by atoms with Crippen LogP contribution < -0.4 is 11.1 Å². The van der Waals surface area contributed by atoms with Crippen molar-refractivity contribution >= 4 is 5.91 Å². The zero-order chi connectivity index (χ0) is 13.8. The van der Waals surface area contributed by atoms with E-state index in [2.05, 4.69) is 26.1 Å². The molecule has 0 radical (unpaired) electrons. The van der Waals surface area contributed by atoms with Gasteiger partial charge in [0.25, 0.3) is 0 Å². The van der Waals surface area contributed by atoms with Gasteiger partial charge in [-0.15, -0.1) is 0 Å². The first-order chi connectivity index (χ1) is 8.38. The molecule has 0 spiro atoms. The molecule has 0 bridgehead atoms. The first-order valence-electron chi connectivity index (χ1n) is 7.02. The van der Waals surface area contributed by atoms with E-state index in [-0.39, 0.29) is 24.2 Å². The van der Waals surface area contributed by atoms with Gasteiger partial charge in [-0.2, -0.15) is 0 Å². The molecule has 3 unspecified atom stereocenters. The number of carbonyl (C=O) groups is 1. The second kappa shape index (κ2) is 6.53. The number of hydrogen-bond donors (Lipinski definition) is 2. The number of nitrogens with one attached hydrogen (secondary N) is 1. The van der Waals surface area contributed by atoms with Crippen molar-refractivity contribution in [2.75, 3.05) is 13.2 Å². The summed E-state index contributed by atoms with van der Waals surface area (Å²) < 4.78 is 5.82. The van der Waals surface area contributed by atoms with E-state index in [0.717, 1.165) is 19.3 Å². The summed E-state index contributed by atoms with van der Waals surface area (Å²) in [4.78, 5) is 11.8. The van der Waals surface area contributed by atoms with E-state index in [1.807, 2.05) is 6.92 Å². The molecule has 1 fully saturated rings. The topological polar surface area (TPSA) is 64.3 Å². The van der Waals surface area contributed by atoms with Crippen LogP contribution in [-0.2, 0) is 9.53 Å². The Hall–Kier alpha value is -0.610. The van der Waals surface area contributed by atoms with Crippen LogP contribution in [0.5, 0.6) is 0 Å². The van der Waals surface area contributed by atoms with Gasteiger partial charge in [-0.1, -0.05) is 20.8 Å². The van der Waals surface area contributed by atoms with Gasteiger partial charge in [0, 0.05) is 12.6 Å². The van der Waals surface area contributed by atoms with Gasteiger partial charge in [-0.05, 0) is 38.0 Å². The molecule has 0 heterocycles. The molecule has 1 rings (SSSR count). The van der Waals surface area contributed by atoms with E-state index >= 15 is 0 Å². The molecule has 0 aromatic rings. The molecule has 0 aromatic heterocycles. The van der Waals surface area contributed by atoms with Crippen molar-refractivity contribution in [3.05, 3.63) is 0 Å². The van der Waals surface area contributed by atoms with Crippen molar-refractivity contribution in [3.8, 4) is 0 Å². The number of ether oxygens (including phenoxy) is 1. The number of nitrogens with two attached hydrogens (primary N) is 1. The Balaban J connectivity index is 2.37. The standard InChI is InChI=1S/C14H28N2O2/c1-10(2)12(4)16-13(17)8-18-14(9-15)6-5-11(3)7-14/h10-12H,5-9,15H2,1-4H3,(H,16,17). The summed E-state index contributed by atoms with van der Waals surface area (Å²) in [6.45, 7) is 9.03. The van der Waals surface area contributed by atoms with E-state index in [4.69, 9.17) is 10.5 Å². The van der Waals surface area contributed by atoms with Gasteiger partial charge in [-0.3, -0.25) is 4.79 Å². The zero-order valence-corrected chi connectivity index (χ0v) is 12.2. The highest BCUT2D eigenvalue weighted by atomic mass is 16.5. The van der Waals surface area contributed by atoms with E-state index in [0.29, 0.717) is 18.4 Å². The molecule has 1 amide bonds. The van der Waals surface area contributed by atoms with Crippen molar-refractivity contribution in [3.63, 3.8) is 0 Å². The monoisotopic (exact) mass is 256 g/mol. The molecule has 0 aromatic carbocycles. The Morgan fingerprint density at radius 3 is 2.61 bits per heavy atom. The first kappa shape index (κ1) is 15.4. The summed E-state index contributed by atoms with van der Waals surface area (Å²) in [7, 11) is 0. The number of rotatable bonds is 6. The van der Waals surface area contributed by atoms with Crippen LogP contribution >= 0.6 is 0 Å². The van der Waals surface area contributed by atoms with Crippen molar-refractivity contribution in [2.45, 2.75) is 58.6 Å². The van der Waals surface area contributed by atoms with Crippen molar-refractivity contribution in [2.24, 2.45) is 17.6 Å². The van der Waals surface area contributed by atoms with Crippen LogP contribution in [0.3, 0.4) is 0 Å². The maximum atomic E-state index is 11.8. The lowest BCUT2D eigenvalue weighted by Crippen LogP contribution is -2.44. The SMILES string of the molecule is CC1CCC(CN)(OCC(=O)NC(C)C(C)C)C1. The summed E-state index contributed by atoms with van der Waals surface area (Å²) in [5, 5.41) is 2.95. The van der Waals surface area contributed by atoms with E-state index < -0.39 is 0 Å². The summed E-state index contributed by atoms with van der Waals surface area (Å²) in [6, 6.07) is 0.178.